The van der Waals surface area contributed by atoms with Crippen LogP contribution in [0, 0.1) is 0 Å². The average molecular weight is 403 g/mol. The number of ether oxygens (including phenoxy) is 1. The maximum atomic E-state index is 5.96. The number of likely N-dealkylation sites (N-methyl/N-ethyl adjacent to an activating group) is 1. The Labute approximate surface area is 181 Å². The van der Waals surface area contributed by atoms with E-state index in [1.807, 2.05) is 18.2 Å². The van der Waals surface area contributed by atoms with Crippen molar-refractivity contribution in [1.29, 1.82) is 0 Å². The van der Waals surface area contributed by atoms with E-state index in [0.29, 0.717) is 6.61 Å². The summed E-state index contributed by atoms with van der Waals surface area (Å²) in [6.07, 6.45) is 0.976. The van der Waals surface area contributed by atoms with E-state index in [2.05, 4.69) is 90.8 Å². The van der Waals surface area contributed by atoms with Crippen LogP contribution in [0.2, 0.25) is 0 Å². The highest BCUT2D eigenvalue weighted by molar-refractivity contribution is 5.31. The first-order valence-electron chi connectivity index (χ1n) is 11.0. The van der Waals surface area contributed by atoms with Crippen molar-refractivity contribution in [2.45, 2.75) is 32.9 Å². The quantitative estimate of drug-likeness (QED) is 0.434. The molecule has 0 spiro atoms. The molecule has 0 aliphatic rings. The minimum atomic E-state index is 0.283. The summed E-state index contributed by atoms with van der Waals surface area (Å²) in [6, 6.07) is 29.8. The Bertz CT molecular complexity index is 830. The smallest absolute Gasteiger partial charge is 0.119 e. The third-order valence-corrected chi connectivity index (χ3v) is 5.53. The summed E-state index contributed by atoms with van der Waals surface area (Å²) < 4.78 is 5.96. The molecule has 0 saturated carbocycles. The number of nitrogens with one attached hydrogen (secondary N) is 1. The third kappa shape index (κ3) is 7.01. The van der Waals surface area contributed by atoms with Crippen LogP contribution < -0.4 is 10.1 Å². The molecule has 0 heterocycles. The molecule has 0 amide bonds. The van der Waals surface area contributed by atoms with Gasteiger partial charge in [0.05, 0.1) is 0 Å². The highest BCUT2D eigenvalue weighted by Gasteiger charge is 2.13. The minimum absolute atomic E-state index is 0.283. The molecule has 30 heavy (non-hydrogen) atoms. The number of rotatable bonds is 12. The lowest BCUT2D eigenvalue weighted by Gasteiger charge is -2.23. The molecule has 0 fully saturated rings. The van der Waals surface area contributed by atoms with Gasteiger partial charge >= 0.3 is 0 Å². The van der Waals surface area contributed by atoms with Crippen LogP contribution in [0.1, 0.15) is 36.6 Å². The summed E-state index contributed by atoms with van der Waals surface area (Å²) in [5, 5.41) is 3.78. The maximum Gasteiger partial charge on any atom is 0.119 e. The van der Waals surface area contributed by atoms with Gasteiger partial charge in [-0.15, -0.1) is 0 Å². The van der Waals surface area contributed by atoms with E-state index in [9.17, 15) is 0 Å². The zero-order chi connectivity index (χ0) is 21.0. The minimum Gasteiger partial charge on any atom is -0.489 e. The van der Waals surface area contributed by atoms with Crippen LogP contribution in [0.15, 0.2) is 84.9 Å². The Hall–Kier alpha value is -2.62. The summed E-state index contributed by atoms with van der Waals surface area (Å²) in [5.41, 5.74) is 3.83. The van der Waals surface area contributed by atoms with E-state index in [-0.39, 0.29) is 6.04 Å². The summed E-state index contributed by atoms with van der Waals surface area (Å²) in [5.74, 6) is 0.907. The number of hydrogen-bond donors (Lipinski definition) is 1. The zero-order valence-electron chi connectivity index (χ0n) is 18.3. The summed E-state index contributed by atoms with van der Waals surface area (Å²) >= 11 is 0. The summed E-state index contributed by atoms with van der Waals surface area (Å²) in [4.78, 5) is 2.45. The van der Waals surface area contributed by atoms with E-state index in [1.165, 1.54) is 16.7 Å². The SMILES string of the molecule is CCN(CC)CCN[C@@H](Cc1ccccc1)c1ccc(OCc2ccccc2)cc1. The van der Waals surface area contributed by atoms with Gasteiger partial charge in [0.15, 0.2) is 0 Å². The summed E-state index contributed by atoms with van der Waals surface area (Å²) in [7, 11) is 0. The van der Waals surface area contributed by atoms with Gasteiger partial charge in [-0.3, -0.25) is 0 Å². The van der Waals surface area contributed by atoms with Gasteiger partial charge in [-0.25, -0.2) is 0 Å². The molecule has 3 heteroatoms. The van der Waals surface area contributed by atoms with Crippen molar-refractivity contribution in [1.82, 2.24) is 10.2 Å². The molecule has 3 nitrogen and oxygen atoms in total. The molecule has 0 aliphatic carbocycles. The second-order valence-corrected chi connectivity index (χ2v) is 7.57. The first kappa shape index (κ1) is 22.1. The Kier molecular flexibility index (Phi) is 8.95. The Morgan fingerprint density at radius 1 is 0.767 bits per heavy atom. The van der Waals surface area contributed by atoms with Crippen molar-refractivity contribution in [2.75, 3.05) is 26.2 Å². The summed E-state index contributed by atoms with van der Waals surface area (Å²) in [6.45, 7) is 9.26. The first-order valence-corrected chi connectivity index (χ1v) is 11.0. The molecule has 0 bridgehead atoms. The molecular weight excluding hydrogens is 368 g/mol. The van der Waals surface area contributed by atoms with Gasteiger partial charge in [-0.2, -0.15) is 0 Å². The molecule has 3 rings (SSSR count). The van der Waals surface area contributed by atoms with Crippen LogP contribution in [0.25, 0.3) is 0 Å². The van der Waals surface area contributed by atoms with Crippen molar-refractivity contribution in [2.24, 2.45) is 0 Å². The van der Waals surface area contributed by atoms with Crippen molar-refractivity contribution < 1.29 is 4.74 Å². The van der Waals surface area contributed by atoms with E-state index >= 15 is 0 Å². The normalized spacial score (nSPS) is 12.1. The lowest BCUT2D eigenvalue weighted by Crippen LogP contribution is -2.34. The topological polar surface area (TPSA) is 24.5 Å². The molecule has 158 valence electrons. The predicted octanol–water partition coefficient (Wildman–Crippen LogP) is 5.48. The molecule has 0 unspecified atom stereocenters. The lowest BCUT2D eigenvalue weighted by atomic mass is 9.98. The van der Waals surface area contributed by atoms with E-state index in [1.54, 1.807) is 0 Å². The van der Waals surface area contributed by atoms with Gasteiger partial charge in [0, 0.05) is 19.1 Å². The molecular formula is C27H34N2O. The van der Waals surface area contributed by atoms with Gasteiger partial charge in [-0.05, 0) is 48.3 Å². The van der Waals surface area contributed by atoms with E-state index in [4.69, 9.17) is 4.74 Å². The zero-order valence-corrected chi connectivity index (χ0v) is 18.3. The van der Waals surface area contributed by atoms with Crippen molar-refractivity contribution in [3.8, 4) is 5.75 Å². The lowest BCUT2D eigenvalue weighted by molar-refractivity contribution is 0.296. The van der Waals surface area contributed by atoms with Gasteiger partial charge in [-0.1, -0.05) is 86.6 Å². The first-order chi connectivity index (χ1) is 14.8. The molecule has 0 aliphatic heterocycles. The maximum absolute atomic E-state index is 5.96. The Morgan fingerprint density at radius 2 is 1.37 bits per heavy atom. The average Bonchev–Trinajstić information content (AvgIpc) is 2.81. The van der Waals surface area contributed by atoms with Crippen molar-refractivity contribution in [3.63, 3.8) is 0 Å². The highest BCUT2D eigenvalue weighted by Crippen LogP contribution is 2.22. The second-order valence-electron chi connectivity index (χ2n) is 7.57. The fourth-order valence-corrected chi connectivity index (χ4v) is 3.63. The van der Waals surface area contributed by atoms with Crippen LogP contribution >= 0.6 is 0 Å². The van der Waals surface area contributed by atoms with Crippen LogP contribution in [-0.4, -0.2) is 31.1 Å². The van der Waals surface area contributed by atoms with Crippen LogP contribution in [0.4, 0.5) is 0 Å². The molecule has 0 radical (unpaired) electrons. The van der Waals surface area contributed by atoms with E-state index in [0.717, 1.165) is 38.3 Å². The number of hydrogen-bond acceptors (Lipinski definition) is 3. The fourth-order valence-electron chi connectivity index (χ4n) is 3.63. The standard InChI is InChI=1S/C27H34N2O/c1-3-29(4-2)20-19-28-27(21-23-11-7-5-8-12-23)25-15-17-26(18-16-25)30-22-24-13-9-6-10-14-24/h5-18,27-28H,3-4,19-22H2,1-2H3/t27-/m0/s1. The predicted molar refractivity (Wildman–Crippen MR) is 126 cm³/mol. The van der Waals surface area contributed by atoms with Crippen molar-refractivity contribution in [3.05, 3.63) is 102 Å². The highest BCUT2D eigenvalue weighted by atomic mass is 16.5. The molecule has 0 aromatic heterocycles. The van der Waals surface area contributed by atoms with Crippen molar-refractivity contribution >= 4 is 0 Å². The van der Waals surface area contributed by atoms with Crippen LogP contribution in [0.3, 0.4) is 0 Å². The monoisotopic (exact) mass is 402 g/mol. The van der Waals surface area contributed by atoms with Crippen LogP contribution in [-0.2, 0) is 13.0 Å². The van der Waals surface area contributed by atoms with Gasteiger partial charge in [0.2, 0.25) is 0 Å². The second kappa shape index (κ2) is 12.2. The number of nitrogens with zero attached hydrogens (tertiary/aromatic N) is 1. The fraction of sp³-hybridized carbons (Fsp3) is 0.333. The van der Waals surface area contributed by atoms with Gasteiger partial charge < -0.3 is 15.0 Å². The van der Waals surface area contributed by atoms with E-state index < -0.39 is 0 Å². The van der Waals surface area contributed by atoms with Crippen LogP contribution in [0.5, 0.6) is 5.75 Å². The number of benzene rings is 3. The third-order valence-electron chi connectivity index (χ3n) is 5.53. The molecule has 1 atom stereocenters. The Balaban J connectivity index is 1.63. The Morgan fingerprint density at radius 3 is 1.97 bits per heavy atom. The molecule has 3 aromatic carbocycles. The molecule has 1 N–H and O–H groups in total. The molecule has 0 saturated heterocycles. The van der Waals surface area contributed by atoms with Gasteiger partial charge in [0.1, 0.15) is 12.4 Å². The molecule has 3 aromatic rings. The van der Waals surface area contributed by atoms with Gasteiger partial charge in [0.25, 0.3) is 0 Å². The largest absolute Gasteiger partial charge is 0.489 e.